The molecule has 1 atom stereocenters. The van der Waals surface area contributed by atoms with E-state index in [9.17, 15) is 13.2 Å². The number of rotatable bonds is 2. The molecule has 1 aromatic heterocycles. The van der Waals surface area contributed by atoms with Gasteiger partial charge in [-0.25, -0.2) is 0 Å². The molecular formula is C12H11F3N2. The summed E-state index contributed by atoms with van der Waals surface area (Å²) in [5.74, 6) is 0. The van der Waals surface area contributed by atoms with Crippen LogP contribution in [0, 0.1) is 0 Å². The Kier molecular flexibility index (Phi) is 2.92. The van der Waals surface area contributed by atoms with Gasteiger partial charge in [-0.15, -0.1) is 0 Å². The maximum absolute atomic E-state index is 12.6. The molecule has 2 aromatic rings. The number of hydrogen-bond acceptors (Lipinski definition) is 1. The molecule has 2 rings (SSSR count). The minimum Gasteiger partial charge on any atom is -0.266 e. The molecule has 0 aliphatic rings. The molecule has 0 N–H and O–H groups in total. The summed E-state index contributed by atoms with van der Waals surface area (Å²) in [6, 6.07) is 6.84. The van der Waals surface area contributed by atoms with Gasteiger partial charge in [0.05, 0.1) is 11.6 Å². The monoisotopic (exact) mass is 240 g/mol. The largest absolute Gasteiger partial charge is 0.416 e. The molecular weight excluding hydrogens is 229 g/mol. The summed E-state index contributed by atoms with van der Waals surface area (Å²) < 4.78 is 39.3. The second-order valence-electron chi connectivity index (χ2n) is 3.79. The topological polar surface area (TPSA) is 17.8 Å². The van der Waals surface area contributed by atoms with Crippen molar-refractivity contribution in [3.05, 3.63) is 53.9 Å². The summed E-state index contributed by atoms with van der Waals surface area (Å²) in [6.45, 7) is 1.81. The van der Waals surface area contributed by atoms with Gasteiger partial charge >= 0.3 is 6.18 Å². The van der Waals surface area contributed by atoms with Crippen LogP contribution in [0.25, 0.3) is 0 Å². The number of nitrogens with zero attached hydrogens (tertiary/aromatic N) is 2. The van der Waals surface area contributed by atoms with Crippen LogP contribution in [-0.4, -0.2) is 9.78 Å². The maximum atomic E-state index is 12.6. The zero-order valence-corrected chi connectivity index (χ0v) is 9.15. The van der Waals surface area contributed by atoms with Crippen LogP contribution in [0.3, 0.4) is 0 Å². The highest BCUT2D eigenvalue weighted by Gasteiger charge is 2.30. The summed E-state index contributed by atoms with van der Waals surface area (Å²) in [6.07, 6.45) is -0.977. The quantitative estimate of drug-likeness (QED) is 0.785. The molecule has 0 bridgehead atoms. The summed E-state index contributed by atoms with van der Waals surface area (Å²) in [5.41, 5.74) is -0.0440. The molecule has 0 saturated heterocycles. The van der Waals surface area contributed by atoms with Gasteiger partial charge in [-0.05, 0) is 30.7 Å². The number of hydrogen-bond donors (Lipinski definition) is 0. The lowest BCUT2D eigenvalue weighted by Gasteiger charge is -2.14. The van der Waals surface area contributed by atoms with Crippen molar-refractivity contribution in [1.82, 2.24) is 9.78 Å². The van der Waals surface area contributed by atoms with Crippen molar-refractivity contribution in [2.24, 2.45) is 0 Å². The van der Waals surface area contributed by atoms with Crippen LogP contribution in [-0.2, 0) is 6.18 Å². The molecule has 0 radical (unpaired) electrons. The fourth-order valence-corrected chi connectivity index (χ4v) is 1.64. The summed E-state index contributed by atoms with van der Waals surface area (Å²) in [7, 11) is 0. The Morgan fingerprint density at radius 2 is 2.00 bits per heavy atom. The van der Waals surface area contributed by atoms with Gasteiger partial charge in [0, 0.05) is 12.4 Å². The van der Waals surface area contributed by atoms with Crippen LogP contribution in [0.2, 0.25) is 0 Å². The summed E-state index contributed by atoms with van der Waals surface area (Å²) in [4.78, 5) is 0. The van der Waals surface area contributed by atoms with Crippen molar-refractivity contribution in [3.8, 4) is 0 Å². The molecule has 0 aliphatic carbocycles. The minimum atomic E-state index is -4.31. The Morgan fingerprint density at radius 3 is 2.59 bits per heavy atom. The van der Waals surface area contributed by atoms with Crippen LogP contribution in [0.4, 0.5) is 13.2 Å². The van der Waals surface area contributed by atoms with Crippen molar-refractivity contribution < 1.29 is 13.2 Å². The predicted octanol–water partition coefficient (Wildman–Crippen LogP) is 3.51. The lowest BCUT2D eigenvalue weighted by molar-refractivity contribution is -0.137. The molecule has 1 aromatic carbocycles. The fourth-order valence-electron chi connectivity index (χ4n) is 1.64. The van der Waals surface area contributed by atoms with Gasteiger partial charge in [-0.3, -0.25) is 4.68 Å². The van der Waals surface area contributed by atoms with Crippen LogP contribution in [0.15, 0.2) is 42.7 Å². The van der Waals surface area contributed by atoms with Gasteiger partial charge in [0.25, 0.3) is 0 Å². The number of aromatic nitrogens is 2. The standard InChI is InChI=1S/C12H11F3N2/c1-9(17-7-3-6-16-17)10-4-2-5-11(8-10)12(13,14)15/h2-9H,1H3/t9-/m0/s1. The molecule has 0 fully saturated rings. The molecule has 90 valence electrons. The normalized spacial score (nSPS) is 13.6. The van der Waals surface area contributed by atoms with E-state index >= 15 is 0 Å². The van der Waals surface area contributed by atoms with Gasteiger partial charge in [0.1, 0.15) is 0 Å². The van der Waals surface area contributed by atoms with Gasteiger partial charge in [-0.2, -0.15) is 18.3 Å². The zero-order chi connectivity index (χ0) is 12.5. The minimum absolute atomic E-state index is 0.215. The van der Waals surface area contributed by atoms with E-state index in [1.807, 2.05) is 6.92 Å². The summed E-state index contributed by atoms with van der Waals surface area (Å²) in [5, 5.41) is 4.02. The van der Waals surface area contributed by atoms with E-state index in [2.05, 4.69) is 5.10 Å². The number of benzene rings is 1. The molecule has 0 spiro atoms. The summed E-state index contributed by atoms with van der Waals surface area (Å²) >= 11 is 0. The first-order valence-corrected chi connectivity index (χ1v) is 5.15. The number of halogens is 3. The molecule has 1 heterocycles. The Labute approximate surface area is 96.7 Å². The average Bonchev–Trinajstić information content (AvgIpc) is 2.80. The van der Waals surface area contributed by atoms with Gasteiger partial charge in [-0.1, -0.05) is 12.1 Å². The maximum Gasteiger partial charge on any atom is 0.416 e. The zero-order valence-electron chi connectivity index (χ0n) is 9.15. The van der Waals surface area contributed by atoms with E-state index in [4.69, 9.17) is 0 Å². The second-order valence-corrected chi connectivity index (χ2v) is 3.79. The highest BCUT2D eigenvalue weighted by atomic mass is 19.4. The van der Waals surface area contributed by atoms with Crippen molar-refractivity contribution in [3.63, 3.8) is 0 Å². The molecule has 0 unspecified atom stereocenters. The first-order valence-electron chi connectivity index (χ1n) is 5.15. The van der Waals surface area contributed by atoms with Crippen molar-refractivity contribution in [2.45, 2.75) is 19.1 Å². The predicted molar refractivity (Wildman–Crippen MR) is 57.5 cm³/mol. The van der Waals surface area contributed by atoms with Crippen molar-refractivity contribution in [2.75, 3.05) is 0 Å². The highest BCUT2D eigenvalue weighted by molar-refractivity contribution is 5.28. The number of alkyl halides is 3. The van der Waals surface area contributed by atoms with Crippen LogP contribution < -0.4 is 0 Å². The van der Waals surface area contributed by atoms with E-state index in [0.29, 0.717) is 5.56 Å². The smallest absolute Gasteiger partial charge is 0.266 e. The average molecular weight is 240 g/mol. The van der Waals surface area contributed by atoms with Crippen LogP contribution in [0.5, 0.6) is 0 Å². The van der Waals surface area contributed by atoms with E-state index in [1.54, 1.807) is 29.2 Å². The molecule has 0 amide bonds. The Hall–Kier alpha value is -1.78. The third-order valence-electron chi connectivity index (χ3n) is 2.62. The van der Waals surface area contributed by atoms with Gasteiger partial charge in [0.15, 0.2) is 0 Å². The Balaban J connectivity index is 2.34. The Bertz CT molecular complexity index is 489. The second kappa shape index (κ2) is 4.24. The third-order valence-corrected chi connectivity index (χ3v) is 2.62. The van der Waals surface area contributed by atoms with Gasteiger partial charge in [0.2, 0.25) is 0 Å². The van der Waals surface area contributed by atoms with Crippen LogP contribution >= 0.6 is 0 Å². The third kappa shape index (κ3) is 2.49. The fraction of sp³-hybridized carbons (Fsp3) is 0.250. The molecule has 0 aliphatic heterocycles. The van der Waals surface area contributed by atoms with E-state index < -0.39 is 11.7 Å². The van der Waals surface area contributed by atoms with Crippen molar-refractivity contribution in [1.29, 1.82) is 0 Å². The lowest BCUT2D eigenvalue weighted by atomic mass is 10.1. The van der Waals surface area contributed by atoms with Crippen molar-refractivity contribution >= 4 is 0 Å². The van der Waals surface area contributed by atoms with Gasteiger partial charge < -0.3 is 0 Å². The first-order chi connectivity index (χ1) is 7.98. The Morgan fingerprint density at radius 1 is 1.24 bits per heavy atom. The van der Waals surface area contributed by atoms with E-state index in [1.165, 1.54) is 6.07 Å². The molecule has 2 nitrogen and oxygen atoms in total. The van der Waals surface area contributed by atoms with E-state index in [-0.39, 0.29) is 6.04 Å². The molecule has 5 heteroatoms. The lowest BCUT2D eigenvalue weighted by Crippen LogP contribution is -2.10. The highest BCUT2D eigenvalue weighted by Crippen LogP contribution is 2.31. The molecule has 17 heavy (non-hydrogen) atoms. The first kappa shape index (κ1) is 11.7. The SMILES string of the molecule is C[C@@H](c1cccc(C(F)(F)F)c1)n1cccn1. The van der Waals surface area contributed by atoms with Crippen LogP contribution in [0.1, 0.15) is 24.1 Å². The molecule has 0 saturated carbocycles. The van der Waals surface area contributed by atoms with E-state index in [0.717, 1.165) is 12.1 Å².